The Morgan fingerprint density at radius 2 is 1.83 bits per heavy atom. The molecule has 1 unspecified atom stereocenters. The number of carbonyl (C=O) groups is 1. The summed E-state index contributed by atoms with van der Waals surface area (Å²) in [6, 6.07) is 10.4. The summed E-state index contributed by atoms with van der Waals surface area (Å²) in [6.45, 7) is 11.3. The highest BCUT2D eigenvalue weighted by atomic mass is 35.5. The quantitative estimate of drug-likeness (QED) is 0.647. The summed E-state index contributed by atoms with van der Waals surface area (Å²) in [4.78, 5) is 12.8. The molecule has 1 heterocycles. The maximum atomic E-state index is 12.8. The Morgan fingerprint density at radius 3 is 2.45 bits per heavy atom. The standard InChI is InChI=1S/C22H28ClNO4Si/c1-21(2,3)29(5,6)28-13-14-7-10-19(27-4)17(11-14)22(26)16-12-15(23)8-9-18(16)24-20(22)25/h7-12,26H,13H2,1-6H3,(H,24,25). The molecule has 2 aromatic carbocycles. The minimum absolute atomic E-state index is 0.0849. The topological polar surface area (TPSA) is 67.8 Å². The van der Waals surface area contributed by atoms with Gasteiger partial charge in [0.05, 0.1) is 13.7 Å². The molecule has 1 amide bonds. The SMILES string of the molecule is COc1ccc(CO[Si](C)(C)C(C)(C)C)cc1C1(O)C(=O)Nc2ccc(Cl)cc21. The van der Waals surface area contributed by atoms with E-state index in [0.717, 1.165) is 5.56 Å². The van der Waals surface area contributed by atoms with Crippen molar-refractivity contribution in [3.63, 3.8) is 0 Å². The van der Waals surface area contributed by atoms with Gasteiger partial charge in [-0.1, -0.05) is 38.4 Å². The van der Waals surface area contributed by atoms with Crippen molar-refractivity contribution in [3.8, 4) is 5.75 Å². The number of hydrogen-bond acceptors (Lipinski definition) is 4. The van der Waals surface area contributed by atoms with Gasteiger partial charge in [-0.15, -0.1) is 0 Å². The molecule has 0 fully saturated rings. The van der Waals surface area contributed by atoms with Gasteiger partial charge in [0.25, 0.3) is 5.91 Å². The molecule has 0 spiro atoms. The molecule has 0 aromatic heterocycles. The lowest BCUT2D eigenvalue weighted by Gasteiger charge is -2.36. The van der Waals surface area contributed by atoms with E-state index in [1.54, 1.807) is 30.3 Å². The number of ether oxygens (including phenoxy) is 1. The summed E-state index contributed by atoms with van der Waals surface area (Å²) in [6.07, 6.45) is 0. The maximum Gasteiger partial charge on any atom is 0.266 e. The Hall–Kier alpha value is -1.86. The van der Waals surface area contributed by atoms with Crippen LogP contribution in [0.2, 0.25) is 23.2 Å². The molecular weight excluding hydrogens is 406 g/mol. The van der Waals surface area contributed by atoms with Crippen LogP contribution >= 0.6 is 11.6 Å². The third-order valence-corrected chi connectivity index (χ3v) is 10.7. The number of aliphatic hydroxyl groups is 1. The first-order valence-electron chi connectivity index (χ1n) is 9.55. The van der Waals surface area contributed by atoms with Gasteiger partial charge < -0.3 is 19.6 Å². The van der Waals surface area contributed by atoms with E-state index in [9.17, 15) is 9.90 Å². The summed E-state index contributed by atoms with van der Waals surface area (Å²) in [5, 5.41) is 14.8. The zero-order valence-corrected chi connectivity index (χ0v) is 19.5. The molecule has 1 aliphatic heterocycles. The Labute approximate surface area is 178 Å². The zero-order valence-electron chi connectivity index (χ0n) is 17.7. The molecule has 1 aliphatic rings. The van der Waals surface area contributed by atoms with E-state index in [2.05, 4.69) is 39.2 Å². The van der Waals surface area contributed by atoms with E-state index < -0.39 is 19.8 Å². The van der Waals surface area contributed by atoms with Crippen LogP contribution < -0.4 is 10.1 Å². The molecule has 1 atom stereocenters. The number of anilines is 1. The highest BCUT2D eigenvalue weighted by Gasteiger charge is 2.49. The van der Waals surface area contributed by atoms with Crippen molar-refractivity contribution in [1.82, 2.24) is 0 Å². The Bertz CT molecular complexity index is 954. The highest BCUT2D eigenvalue weighted by molar-refractivity contribution is 6.74. The molecule has 0 bridgehead atoms. The first-order chi connectivity index (χ1) is 13.4. The van der Waals surface area contributed by atoms with Crippen molar-refractivity contribution < 1.29 is 19.1 Å². The molecule has 0 radical (unpaired) electrons. The average molecular weight is 434 g/mol. The van der Waals surface area contributed by atoms with E-state index in [1.165, 1.54) is 7.11 Å². The normalized spacial score (nSPS) is 19.1. The minimum atomic E-state index is -1.95. The molecular formula is C22H28ClNO4Si. The predicted molar refractivity (Wildman–Crippen MR) is 118 cm³/mol. The number of hydrogen-bond donors (Lipinski definition) is 2. The van der Waals surface area contributed by atoms with Crippen molar-refractivity contribution in [2.75, 3.05) is 12.4 Å². The van der Waals surface area contributed by atoms with Gasteiger partial charge in [-0.2, -0.15) is 0 Å². The van der Waals surface area contributed by atoms with Crippen LogP contribution in [0.1, 0.15) is 37.5 Å². The number of benzene rings is 2. The first kappa shape index (κ1) is 21.8. The summed E-state index contributed by atoms with van der Waals surface area (Å²) in [5.74, 6) is -0.109. The first-order valence-corrected chi connectivity index (χ1v) is 12.8. The van der Waals surface area contributed by atoms with Crippen LogP contribution in [0.5, 0.6) is 5.75 Å². The molecule has 2 aromatic rings. The van der Waals surface area contributed by atoms with Crippen molar-refractivity contribution in [3.05, 3.63) is 58.1 Å². The lowest BCUT2D eigenvalue weighted by molar-refractivity contribution is -0.129. The fourth-order valence-electron chi connectivity index (χ4n) is 3.14. The smallest absolute Gasteiger partial charge is 0.266 e. The second-order valence-electron chi connectivity index (χ2n) is 8.94. The van der Waals surface area contributed by atoms with Crippen LogP contribution in [0.4, 0.5) is 5.69 Å². The van der Waals surface area contributed by atoms with Gasteiger partial charge in [0.2, 0.25) is 0 Å². The number of amides is 1. The van der Waals surface area contributed by atoms with E-state index in [-0.39, 0.29) is 5.04 Å². The molecule has 0 saturated carbocycles. The number of carbonyl (C=O) groups excluding carboxylic acids is 1. The fraction of sp³-hybridized carbons (Fsp3) is 0.409. The molecule has 7 heteroatoms. The van der Waals surface area contributed by atoms with Gasteiger partial charge in [-0.25, -0.2) is 0 Å². The zero-order chi connectivity index (χ0) is 21.6. The largest absolute Gasteiger partial charge is 0.496 e. The van der Waals surface area contributed by atoms with Gasteiger partial charge >= 0.3 is 0 Å². The molecule has 0 saturated heterocycles. The van der Waals surface area contributed by atoms with Crippen molar-refractivity contribution in [1.29, 1.82) is 0 Å². The van der Waals surface area contributed by atoms with Gasteiger partial charge in [-0.3, -0.25) is 4.79 Å². The number of halogens is 1. The number of rotatable bonds is 5. The number of nitrogens with one attached hydrogen (secondary N) is 1. The van der Waals surface area contributed by atoms with E-state index in [0.29, 0.717) is 34.2 Å². The maximum absolute atomic E-state index is 12.8. The third kappa shape index (κ3) is 3.82. The Kier molecular flexibility index (Phi) is 5.60. The highest BCUT2D eigenvalue weighted by Crippen LogP contribution is 2.45. The molecule has 2 N–H and O–H groups in total. The summed E-state index contributed by atoms with van der Waals surface area (Å²) in [5.41, 5.74) is 0.290. The van der Waals surface area contributed by atoms with Crippen LogP contribution in [0, 0.1) is 0 Å². The van der Waals surface area contributed by atoms with E-state index in [1.807, 2.05) is 6.07 Å². The molecule has 29 heavy (non-hydrogen) atoms. The summed E-state index contributed by atoms with van der Waals surface area (Å²) >= 11 is 6.14. The van der Waals surface area contributed by atoms with Crippen molar-refractivity contribution >= 4 is 31.5 Å². The van der Waals surface area contributed by atoms with Crippen LogP contribution in [0.25, 0.3) is 0 Å². The number of methoxy groups -OCH3 is 1. The van der Waals surface area contributed by atoms with Gasteiger partial charge in [-0.05, 0) is 54.0 Å². The molecule has 3 rings (SSSR count). The Balaban J connectivity index is 2.03. The second-order valence-corrected chi connectivity index (χ2v) is 14.2. The van der Waals surface area contributed by atoms with Gasteiger partial charge in [0, 0.05) is 21.8 Å². The molecule has 156 valence electrons. The van der Waals surface area contributed by atoms with Crippen LogP contribution in [-0.2, 0) is 21.4 Å². The van der Waals surface area contributed by atoms with Gasteiger partial charge in [0.1, 0.15) is 5.75 Å². The Morgan fingerprint density at radius 1 is 1.14 bits per heavy atom. The van der Waals surface area contributed by atoms with Crippen LogP contribution in [-0.4, -0.2) is 26.4 Å². The lowest BCUT2D eigenvalue weighted by atomic mass is 9.86. The van der Waals surface area contributed by atoms with E-state index >= 15 is 0 Å². The van der Waals surface area contributed by atoms with Crippen LogP contribution in [0.15, 0.2) is 36.4 Å². The van der Waals surface area contributed by atoms with Gasteiger partial charge in [0.15, 0.2) is 13.9 Å². The molecule has 0 aliphatic carbocycles. The predicted octanol–water partition coefficient (Wildman–Crippen LogP) is 5.06. The number of fused-ring (bicyclic) bond motifs is 1. The lowest BCUT2D eigenvalue weighted by Crippen LogP contribution is -2.40. The van der Waals surface area contributed by atoms with Crippen molar-refractivity contribution in [2.24, 2.45) is 0 Å². The van der Waals surface area contributed by atoms with Crippen molar-refractivity contribution in [2.45, 2.75) is 51.1 Å². The average Bonchev–Trinajstić information content (AvgIpc) is 2.90. The second kappa shape index (κ2) is 7.43. The molecule has 5 nitrogen and oxygen atoms in total. The third-order valence-electron chi connectivity index (χ3n) is 6.01. The summed E-state index contributed by atoms with van der Waals surface area (Å²) in [7, 11) is -0.433. The fourth-order valence-corrected chi connectivity index (χ4v) is 4.27. The minimum Gasteiger partial charge on any atom is -0.496 e. The van der Waals surface area contributed by atoms with E-state index in [4.69, 9.17) is 20.8 Å². The van der Waals surface area contributed by atoms with Crippen LogP contribution in [0.3, 0.4) is 0 Å². The summed E-state index contributed by atoms with van der Waals surface area (Å²) < 4.78 is 11.8. The monoisotopic (exact) mass is 433 g/mol.